The maximum atomic E-state index is 12.2. The first kappa shape index (κ1) is 23.1. The van der Waals surface area contributed by atoms with E-state index in [0.717, 1.165) is 11.1 Å². The number of aliphatic imine (C=N–C) groups is 2. The molecule has 0 saturated heterocycles. The second kappa shape index (κ2) is 11.2. The molecule has 1 aliphatic rings. The zero-order valence-corrected chi connectivity index (χ0v) is 18.6. The van der Waals surface area contributed by atoms with Crippen LogP contribution in [-0.4, -0.2) is 43.4 Å². The SMILES string of the molecule is CN=Cc1ccc(OCCOC(O)c2cccc(C3=N/C(=C/c4ccccc4)C(=O)O3)c2)cc1. The van der Waals surface area contributed by atoms with Gasteiger partial charge in [0.05, 0.1) is 6.61 Å². The number of carbonyl (C=O) groups is 1. The number of aliphatic hydroxyl groups is 1. The van der Waals surface area contributed by atoms with Crippen LogP contribution in [0.25, 0.3) is 6.08 Å². The van der Waals surface area contributed by atoms with Crippen molar-refractivity contribution in [2.45, 2.75) is 6.29 Å². The molecule has 172 valence electrons. The molecule has 7 heteroatoms. The number of aliphatic hydroxyl groups excluding tert-OH is 1. The highest BCUT2D eigenvalue weighted by molar-refractivity contribution is 6.12. The minimum absolute atomic E-state index is 0.182. The largest absolute Gasteiger partial charge is 0.491 e. The molecule has 0 bridgehead atoms. The number of carbonyl (C=O) groups excluding carboxylic acids is 1. The Morgan fingerprint density at radius 3 is 2.56 bits per heavy atom. The monoisotopic (exact) mass is 456 g/mol. The maximum Gasteiger partial charge on any atom is 0.363 e. The number of ether oxygens (including phenoxy) is 3. The van der Waals surface area contributed by atoms with Gasteiger partial charge in [-0.3, -0.25) is 4.99 Å². The van der Waals surface area contributed by atoms with Gasteiger partial charge in [0.25, 0.3) is 0 Å². The molecule has 1 N–H and O–H groups in total. The van der Waals surface area contributed by atoms with Gasteiger partial charge < -0.3 is 19.3 Å². The fourth-order valence-electron chi connectivity index (χ4n) is 3.28. The Labute approximate surface area is 197 Å². The normalized spacial score (nSPS) is 15.4. The Bertz CT molecular complexity index is 1220. The first-order valence-corrected chi connectivity index (χ1v) is 10.7. The van der Waals surface area contributed by atoms with E-state index in [0.29, 0.717) is 16.9 Å². The first-order valence-electron chi connectivity index (χ1n) is 10.7. The molecular formula is C27H24N2O5. The van der Waals surface area contributed by atoms with Crippen molar-refractivity contribution < 1.29 is 24.1 Å². The standard InChI is InChI=1S/C27H24N2O5/c1-28-18-20-10-12-23(13-11-20)32-14-15-33-26(30)22-9-5-8-21(17-22)25-29-24(27(31)34-25)16-19-6-3-2-4-7-19/h2-13,16-18,26,30H,14-15H2,1H3/b24-16+,28-18?. The third kappa shape index (κ3) is 6.04. The lowest BCUT2D eigenvalue weighted by Gasteiger charge is -2.14. The van der Waals surface area contributed by atoms with Gasteiger partial charge in [-0.1, -0.05) is 42.5 Å². The number of hydrogen-bond donors (Lipinski definition) is 1. The zero-order valence-electron chi connectivity index (χ0n) is 18.6. The van der Waals surface area contributed by atoms with Gasteiger partial charge in [0.2, 0.25) is 5.90 Å². The summed E-state index contributed by atoms with van der Waals surface area (Å²) in [6.45, 7) is 0.458. The van der Waals surface area contributed by atoms with Crippen LogP contribution in [-0.2, 0) is 14.3 Å². The third-order valence-electron chi connectivity index (χ3n) is 4.93. The van der Waals surface area contributed by atoms with Crippen molar-refractivity contribution in [3.05, 3.63) is 107 Å². The average molecular weight is 456 g/mol. The molecule has 0 aromatic heterocycles. The fourth-order valence-corrected chi connectivity index (χ4v) is 3.28. The number of benzene rings is 3. The molecule has 7 nitrogen and oxygen atoms in total. The van der Waals surface area contributed by atoms with Crippen LogP contribution in [0, 0.1) is 0 Å². The van der Waals surface area contributed by atoms with Gasteiger partial charge in [-0.2, -0.15) is 0 Å². The topological polar surface area (TPSA) is 89.7 Å². The van der Waals surface area contributed by atoms with E-state index in [-0.39, 0.29) is 24.8 Å². The van der Waals surface area contributed by atoms with Crippen LogP contribution in [0.15, 0.2) is 94.5 Å². The predicted octanol–water partition coefficient (Wildman–Crippen LogP) is 4.17. The minimum Gasteiger partial charge on any atom is -0.491 e. The van der Waals surface area contributed by atoms with E-state index >= 15 is 0 Å². The molecule has 0 fully saturated rings. The molecule has 0 radical (unpaired) electrons. The maximum absolute atomic E-state index is 12.2. The highest BCUT2D eigenvalue weighted by Crippen LogP contribution is 2.22. The number of hydrogen-bond acceptors (Lipinski definition) is 7. The molecule has 1 aliphatic heterocycles. The van der Waals surface area contributed by atoms with Gasteiger partial charge in [0.15, 0.2) is 12.0 Å². The van der Waals surface area contributed by atoms with Gasteiger partial charge in [0, 0.05) is 24.4 Å². The zero-order chi connectivity index (χ0) is 23.8. The van der Waals surface area contributed by atoms with Crippen molar-refractivity contribution >= 4 is 24.2 Å². The molecule has 0 aliphatic carbocycles. The smallest absolute Gasteiger partial charge is 0.363 e. The second-order valence-corrected chi connectivity index (χ2v) is 7.40. The lowest BCUT2D eigenvalue weighted by molar-refractivity contribution is -0.129. The van der Waals surface area contributed by atoms with E-state index in [4.69, 9.17) is 14.2 Å². The predicted molar refractivity (Wildman–Crippen MR) is 130 cm³/mol. The lowest BCUT2D eigenvalue weighted by Crippen LogP contribution is -2.12. The summed E-state index contributed by atoms with van der Waals surface area (Å²) >= 11 is 0. The van der Waals surface area contributed by atoms with Crippen LogP contribution in [0.3, 0.4) is 0 Å². The number of esters is 1. The van der Waals surface area contributed by atoms with Crippen LogP contribution < -0.4 is 4.74 Å². The molecular weight excluding hydrogens is 432 g/mol. The molecule has 4 rings (SSSR count). The molecule has 1 atom stereocenters. The Morgan fingerprint density at radius 1 is 1.00 bits per heavy atom. The summed E-state index contributed by atoms with van der Waals surface area (Å²) in [7, 11) is 1.72. The van der Waals surface area contributed by atoms with Crippen LogP contribution >= 0.6 is 0 Å². The number of cyclic esters (lactones) is 1. The highest BCUT2D eigenvalue weighted by Gasteiger charge is 2.24. The van der Waals surface area contributed by atoms with Gasteiger partial charge in [-0.25, -0.2) is 9.79 Å². The summed E-state index contributed by atoms with van der Waals surface area (Å²) in [6.07, 6.45) is 2.27. The van der Waals surface area contributed by atoms with Crippen molar-refractivity contribution in [3.63, 3.8) is 0 Å². The summed E-state index contributed by atoms with van der Waals surface area (Å²) < 4.78 is 16.5. The van der Waals surface area contributed by atoms with E-state index < -0.39 is 12.3 Å². The molecule has 1 heterocycles. The summed E-state index contributed by atoms with van der Waals surface area (Å²) in [5.74, 6) is 0.364. The summed E-state index contributed by atoms with van der Waals surface area (Å²) in [5.41, 5.74) is 3.14. The molecule has 3 aromatic rings. The quantitative estimate of drug-likeness (QED) is 0.172. The summed E-state index contributed by atoms with van der Waals surface area (Å²) in [5, 5.41) is 10.4. The Morgan fingerprint density at radius 2 is 1.79 bits per heavy atom. The minimum atomic E-state index is -1.16. The van der Waals surface area contributed by atoms with Crippen LogP contribution in [0.2, 0.25) is 0 Å². The van der Waals surface area contributed by atoms with Crippen molar-refractivity contribution in [2.24, 2.45) is 9.98 Å². The molecule has 1 unspecified atom stereocenters. The van der Waals surface area contributed by atoms with Crippen LogP contribution in [0.5, 0.6) is 5.75 Å². The Balaban J connectivity index is 1.34. The molecule has 0 amide bonds. The average Bonchev–Trinajstić information content (AvgIpc) is 3.23. The van der Waals surface area contributed by atoms with E-state index in [9.17, 15) is 9.90 Å². The summed E-state index contributed by atoms with van der Waals surface area (Å²) in [6, 6.07) is 23.8. The fraction of sp³-hybridized carbons (Fsp3) is 0.148. The first-order chi connectivity index (χ1) is 16.6. The highest BCUT2D eigenvalue weighted by atomic mass is 16.6. The summed E-state index contributed by atoms with van der Waals surface area (Å²) in [4.78, 5) is 20.5. The van der Waals surface area contributed by atoms with Gasteiger partial charge >= 0.3 is 5.97 Å². The van der Waals surface area contributed by atoms with Gasteiger partial charge in [-0.05, 0) is 53.6 Å². The lowest BCUT2D eigenvalue weighted by atomic mass is 10.1. The number of nitrogens with zero attached hydrogens (tertiary/aromatic N) is 2. The van der Waals surface area contributed by atoms with Crippen molar-refractivity contribution in [2.75, 3.05) is 20.3 Å². The van der Waals surface area contributed by atoms with Crippen LogP contribution in [0.4, 0.5) is 0 Å². The van der Waals surface area contributed by atoms with Crippen molar-refractivity contribution in [1.82, 2.24) is 0 Å². The van der Waals surface area contributed by atoms with Crippen molar-refractivity contribution in [1.29, 1.82) is 0 Å². The van der Waals surface area contributed by atoms with E-state index in [1.807, 2.05) is 54.6 Å². The van der Waals surface area contributed by atoms with Crippen LogP contribution in [0.1, 0.15) is 28.5 Å². The Hall–Kier alpha value is -4.07. The molecule has 3 aromatic carbocycles. The van der Waals surface area contributed by atoms with E-state index in [1.165, 1.54) is 0 Å². The molecule has 0 saturated carbocycles. The number of rotatable bonds is 9. The van der Waals surface area contributed by atoms with Gasteiger partial charge in [0.1, 0.15) is 12.4 Å². The van der Waals surface area contributed by atoms with E-state index in [2.05, 4.69) is 9.98 Å². The molecule has 34 heavy (non-hydrogen) atoms. The third-order valence-corrected chi connectivity index (χ3v) is 4.93. The second-order valence-electron chi connectivity index (χ2n) is 7.40. The Kier molecular flexibility index (Phi) is 7.60. The van der Waals surface area contributed by atoms with E-state index in [1.54, 1.807) is 43.6 Å². The molecule has 0 spiro atoms. The van der Waals surface area contributed by atoms with Gasteiger partial charge in [-0.15, -0.1) is 0 Å². The van der Waals surface area contributed by atoms with Crippen molar-refractivity contribution in [3.8, 4) is 5.75 Å².